The maximum Gasteiger partial charge on any atom is 0.148 e. The van der Waals surface area contributed by atoms with E-state index in [4.69, 9.17) is 0 Å². The average Bonchev–Trinajstić information content (AvgIpc) is 3.10. The minimum atomic E-state index is 0.0663. The third-order valence-electron chi connectivity index (χ3n) is 7.15. The van der Waals surface area contributed by atoms with Crippen molar-refractivity contribution in [3.63, 3.8) is 0 Å². The van der Waals surface area contributed by atoms with Crippen molar-refractivity contribution >= 4 is 12.0 Å². The van der Waals surface area contributed by atoms with Gasteiger partial charge in [0, 0.05) is 36.6 Å². The van der Waals surface area contributed by atoms with Gasteiger partial charge in [0.1, 0.15) is 6.29 Å². The summed E-state index contributed by atoms with van der Waals surface area (Å²) in [4.78, 5) is 17.2. The molecule has 3 aliphatic heterocycles. The summed E-state index contributed by atoms with van der Waals surface area (Å²) in [6.07, 6.45) is 4.69. The summed E-state index contributed by atoms with van der Waals surface area (Å²) in [6.45, 7) is 4.62. The van der Waals surface area contributed by atoms with E-state index in [0.29, 0.717) is 17.9 Å². The Labute approximate surface area is 138 Å². The zero-order valence-electron chi connectivity index (χ0n) is 14.0. The van der Waals surface area contributed by atoms with Crippen LogP contribution in [0.1, 0.15) is 31.7 Å². The molecule has 5 rings (SSSR count). The van der Waals surface area contributed by atoms with E-state index in [1.54, 1.807) is 0 Å². The third-order valence-corrected chi connectivity index (χ3v) is 7.15. The lowest BCUT2D eigenvalue weighted by Crippen LogP contribution is -2.55. The minimum Gasteiger partial charge on any atom is -0.347 e. The minimum absolute atomic E-state index is 0.0663. The molecule has 2 fully saturated rings. The number of likely N-dealkylation sites (N-methyl/N-ethyl adjacent to an activating group) is 1. The maximum absolute atomic E-state index is 12.1. The summed E-state index contributed by atoms with van der Waals surface area (Å²) in [5, 5.41) is 0. The van der Waals surface area contributed by atoms with Crippen LogP contribution in [-0.4, -0.2) is 37.4 Å². The molecule has 120 valence electrons. The van der Waals surface area contributed by atoms with Crippen LogP contribution in [0.25, 0.3) is 0 Å². The average molecular weight is 308 g/mol. The second-order valence-corrected chi connectivity index (χ2v) is 7.74. The Morgan fingerprint density at radius 2 is 2.17 bits per heavy atom. The third kappa shape index (κ3) is 1.43. The number of para-hydroxylation sites is 1. The fourth-order valence-corrected chi connectivity index (χ4v) is 6.23. The van der Waals surface area contributed by atoms with E-state index in [2.05, 4.69) is 48.0 Å². The molecular formula is C20H24N2O. The number of hydrogen-bond donors (Lipinski definition) is 0. The van der Waals surface area contributed by atoms with Crippen LogP contribution in [0.4, 0.5) is 5.69 Å². The molecule has 0 amide bonds. The molecule has 1 spiro atoms. The molecule has 4 atom stereocenters. The molecule has 2 bridgehead atoms. The van der Waals surface area contributed by atoms with Crippen molar-refractivity contribution in [2.24, 2.45) is 11.8 Å². The van der Waals surface area contributed by atoms with Gasteiger partial charge in [0.15, 0.2) is 0 Å². The van der Waals surface area contributed by atoms with Crippen LogP contribution in [0.3, 0.4) is 0 Å². The summed E-state index contributed by atoms with van der Waals surface area (Å²) in [7, 11) is 2.16. The van der Waals surface area contributed by atoms with Gasteiger partial charge in [-0.2, -0.15) is 0 Å². The number of fused-ring (bicyclic) bond motifs is 2. The Balaban J connectivity index is 1.83. The molecule has 2 saturated heterocycles. The Hall–Kier alpha value is -1.61. The van der Waals surface area contributed by atoms with Crippen molar-refractivity contribution in [2.75, 3.05) is 25.0 Å². The molecule has 23 heavy (non-hydrogen) atoms. The molecule has 0 radical (unpaired) electrons. The SMILES string of the molecule is CC[C@@H]1CN2CC[C@]34C(=C(C=O)[C@H]1C[C@H]23)N(C)c1ccccc14. The van der Waals surface area contributed by atoms with Crippen molar-refractivity contribution in [3.05, 3.63) is 41.1 Å². The van der Waals surface area contributed by atoms with Crippen molar-refractivity contribution < 1.29 is 4.79 Å². The summed E-state index contributed by atoms with van der Waals surface area (Å²) in [5.74, 6) is 1.09. The quantitative estimate of drug-likeness (QED) is 0.785. The molecule has 1 aromatic carbocycles. The fraction of sp³-hybridized carbons (Fsp3) is 0.550. The van der Waals surface area contributed by atoms with Crippen LogP contribution in [0.5, 0.6) is 0 Å². The van der Waals surface area contributed by atoms with E-state index in [9.17, 15) is 4.79 Å². The number of piperidine rings is 1. The highest BCUT2D eigenvalue weighted by atomic mass is 16.1. The maximum atomic E-state index is 12.1. The Morgan fingerprint density at radius 3 is 2.96 bits per heavy atom. The first kappa shape index (κ1) is 13.8. The molecule has 0 saturated carbocycles. The van der Waals surface area contributed by atoms with E-state index in [-0.39, 0.29) is 5.41 Å². The van der Waals surface area contributed by atoms with Crippen molar-refractivity contribution in [3.8, 4) is 0 Å². The molecule has 1 aromatic rings. The number of carbonyl (C=O) groups is 1. The molecule has 0 unspecified atom stereocenters. The van der Waals surface area contributed by atoms with E-state index in [1.165, 1.54) is 42.7 Å². The molecule has 1 aliphatic carbocycles. The monoisotopic (exact) mass is 308 g/mol. The number of anilines is 1. The standard InChI is InChI=1S/C20H24N2O/c1-3-13-11-22-9-8-20-16-6-4-5-7-17(16)21(2)19(20)15(12-23)14(13)10-18(20)22/h4-7,12-14,18H,3,8-11H2,1-2H3/t13-,14+,18+,20-/m1/s1. The zero-order chi connectivity index (χ0) is 15.8. The Bertz CT molecular complexity index is 724. The van der Waals surface area contributed by atoms with Crippen LogP contribution < -0.4 is 4.90 Å². The van der Waals surface area contributed by atoms with Crippen LogP contribution in [0, 0.1) is 11.8 Å². The van der Waals surface area contributed by atoms with Crippen molar-refractivity contribution in [1.29, 1.82) is 0 Å². The number of hydrogen-bond acceptors (Lipinski definition) is 3. The first-order valence-electron chi connectivity index (χ1n) is 8.99. The van der Waals surface area contributed by atoms with Crippen molar-refractivity contribution in [2.45, 2.75) is 37.6 Å². The van der Waals surface area contributed by atoms with E-state index in [0.717, 1.165) is 18.4 Å². The van der Waals surface area contributed by atoms with Crippen LogP contribution in [-0.2, 0) is 10.2 Å². The first-order chi connectivity index (χ1) is 11.2. The van der Waals surface area contributed by atoms with Gasteiger partial charge >= 0.3 is 0 Å². The van der Waals surface area contributed by atoms with Gasteiger partial charge in [-0.15, -0.1) is 0 Å². The number of allylic oxidation sites excluding steroid dienone is 1. The molecule has 0 N–H and O–H groups in total. The van der Waals surface area contributed by atoms with Crippen LogP contribution >= 0.6 is 0 Å². The van der Waals surface area contributed by atoms with Gasteiger partial charge in [0.05, 0.1) is 5.41 Å². The summed E-state index contributed by atoms with van der Waals surface area (Å²) >= 11 is 0. The molecule has 0 aromatic heterocycles. The van der Waals surface area contributed by atoms with E-state index in [1.807, 2.05) is 0 Å². The highest BCUT2D eigenvalue weighted by Crippen LogP contribution is 2.62. The number of carbonyl (C=O) groups excluding carboxylic acids is 1. The number of nitrogens with zero attached hydrogens (tertiary/aromatic N) is 2. The highest BCUT2D eigenvalue weighted by Gasteiger charge is 2.62. The van der Waals surface area contributed by atoms with E-state index >= 15 is 0 Å². The molecule has 3 nitrogen and oxygen atoms in total. The predicted octanol–water partition coefficient (Wildman–Crippen LogP) is 2.96. The van der Waals surface area contributed by atoms with E-state index < -0.39 is 0 Å². The summed E-state index contributed by atoms with van der Waals surface area (Å²) in [5.41, 5.74) is 5.27. The molecular weight excluding hydrogens is 284 g/mol. The number of rotatable bonds is 2. The van der Waals surface area contributed by atoms with Gasteiger partial charge in [-0.1, -0.05) is 31.5 Å². The second kappa shape index (κ2) is 4.47. The largest absolute Gasteiger partial charge is 0.347 e. The van der Waals surface area contributed by atoms with Crippen molar-refractivity contribution in [1.82, 2.24) is 4.90 Å². The topological polar surface area (TPSA) is 23.6 Å². The fourth-order valence-electron chi connectivity index (χ4n) is 6.23. The zero-order valence-corrected chi connectivity index (χ0v) is 14.0. The molecule has 3 heteroatoms. The van der Waals surface area contributed by atoms with Crippen LogP contribution in [0.2, 0.25) is 0 Å². The predicted molar refractivity (Wildman–Crippen MR) is 91.5 cm³/mol. The number of aldehydes is 1. The summed E-state index contributed by atoms with van der Waals surface area (Å²) < 4.78 is 0. The first-order valence-corrected chi connectivity index (χ1v) is 8.99. The van der Waals surface area contributed by atoms with Gasteiger partial charge in [-0.05, 0) is 42.9 Å². The number of benzene rings is 1. The van der Waals surface area contributed by atoms with Gasteiger partial charge in [-0.3, -0.25) is 9.69 Å². The Morgan fingerprint density at radius 1 is 1.35 bits per heavy atom. The smallest absolute Gasteiger partial charge is 0.148 e. The lowest BCUT2D eigenvalue weighted by atomic mass is 9.60. The van der Waals surface area contributed by atoms with Gasteiger partial charge < -0.3 is 4.90 Å². The lowest BCUT2D eigenvalue weighted by molar-refractivity contribution is -0.106. The highest BCUT2D eigenvalue weighted by molar-refractivity contribution is 5.84. The van der Waals surface area contributed by atoms with Gasteiger partial charge in [0.2, 0.25) is 0 Å². The normalized spacial score (nSPS) is 37.8. The molecule has 4 aliphatic rings. The summed E-state index contributed by atoms with van der Waals surface area (Å²) in [6, 6.07) is 9.40. The van der Waals surface area contributed by atoms with Gasteiger partial charge in [0.25, 0.3) is 0 Å². The lowest BCUT2D eigenvalue weighted by Gasteiger charge is -2.51. The Kier molecular flexibility index (Phi) is 2.68. The van der Waals surface area contributed by atoms with Gasteiger partial charge in [-0.25, -0.2) is 0 Å². The second-order valence-electron chi connectivity index (χ2n) is 7.74. The molecule has 3 heterocycles. The van der Waals surface area contributed by atoms with Crippen LogP contribution in [0.15, 0.2) is 35.5 Å².